The molecular formula is C32H46. The normalized spacial score (nSPS) is 9.94. The highest BCUT2D eigenvalue weighted by Gasteiger charge is 1.94. The molecule has 0 heteroatoms. The third-order valence-corrected chi connectivity index (χ3v) is 5.82. The van der Waals surface area contributed by atoms with Crippen molar-refractivity contribution in [2.75, 3.05) is 0 Å². The van der Waals surface area contributed by atoms with Crippen molar-refractivity contribution in [3.05, 3.63) is 106 Å². The minimum atomic E-state index is 1.14. The predicted molar refractivity (Wildman–Crippen MR) is 145 cm³/mol. The average Bonchev–Trinajstić information content (AvgIpc) is 2.86. The molecule has 0 aromatic heterocycles. The lowest BCUT2D eigenvalue weighted by Crippen LogP contribution is -1.88. The van der Waals surface area contributed by atoms with Crippen LogP contribution < -0.4 is 0 Å². The van der Waals surface area contributed by atoms with Gasteiger partial charge < -0.3 is 0 Å². The molecule has 0 saturated carbocycles. The van der Waals surface area contributed by atoms with Gasteiger partial charge in [-0.2, -0.15) is 0 Å². The monoisotopic (exact) mass is 430 g/mol. The van der Waals surface area contributed by atoms with Crippen LogP contribution in [0.2, 0.25) is 0 Å². The van der Waals surface area contributed by atoms with Crippen molar-refractivity contribution < 1.29 is 0 Å². The third kappa shape index (κ3) is 10.8. The first-order valence-electron chi connectivity index (χ1n) is 12.8. The number of benzene rings is 3. The van der Waals surface area contributed by atoms with Gasteiger partial charge in [-0.3, -0.25) is 0 Å². The van der Waals surface area contributed by atoms with Gasteiger partial charge in [-0.15, -0.1) is 0 Å². The Hall–Kier alpha value is -2.34. The van der Waals surface area contributed by atoms with Crippen molar-refractivity contribution in [3.63, 3.8) is 0 Å². The fraction of sp³-hybridized carbons (Fsp3) is 0.438. The van der Waals surface area contributed by atoms with Crippen LogP contribution in [0.3, 0.4) is 0 Å². The highest BCUT2D eigenvalue weighted by molar-refractivity contribution is 5.26. The van der Waals surface area contributed by atoms with Crippen molar-refractivity contribution in [1.82, 2.24) is 0 Å². The Morgan fingerprint density at radius 2 is 0.688 bits per heavy atom. The highest BCUT2D eigenvalue weighted by atomic mass is 14.0. The van der Waals surface area contributed by atoms with E-state index in [9.17, 15) is 0 Å². The molecule has 0 heterocycles. The van der Waals surface area contributed by atoms with E-state index in [1.165, 1.54) is 59.1 Å². The molecule has 0 aliphatic rings. The first kappa shape index (κ1) is 27.7. The van der Waals surface area contributed by atoms with Crippen LogP contribution in [0.1, 0.15) is 87.8 Å². The van der Waals surface area contributed by atoms with Gasteiger partial charge in [0.2, 0.25) is 0 Å². The SMILES string of the molecule is CCCc1ccc(CCC)cc1.CCc1ccc(CC)cc1.CCc1ccccc1CC. The van der Waals surface area contributed by atoms with E-state index in [0.29, 0.717) is 0 Å². The first-order chi connectivity index (χ1) is 15.6. The minimum Gasteiger partial charge on any atom is -0.0651 e. The summed E-state index contributed by atoms with van der Waals surface area (Å²) >= 11 is 0. The lowest BCUT2D eigenvalue weighted by molar-refractivity contribution is 0.904. The van der Waals surface area contributed by atoms with Gasteiger partial charge >= 0.3 is 0 Å². The van der Waals surface area contributed by atoms with Crippen molar-refractivity contribution in [2.24, 2.45) is 0 Å². The summed E-state index contributed by atoms with van der Waals surface area (Å²) in [6, 6.07) is 26.5. The molecule has 174 valence electrons. The molecule has 0 N–H and O–H groups in total. The lowest BCUT2D eigenvalue weighted by Gasteiger charge is -2.02. The average molecular weight is 431 g/mol. The summed E-state index contributed by atoms with van der Waals surface area (Å²) in [6.07, 6.45) is 9.51. The Kier molecular flexibility index (Phi) is 14.9. The summed E-state index contributed by atoms with van der Waals surface area (Å²) < 4.78 is 0. The Morgan fingerprint density at radius 1 is 0.375 bits per heavy atom. The summed E-state index contributed by atoms with van der Waals surface area (Å²) in [4.78, 5) is 0. The largest absolute Gasteiger partial charge is 0.0651 e. The molecule has 3 rings (SSSR count). The molecule has 0 spiro atoms. The topological polar surface area (TPSA) is 0 Å². The molecule has 32 heavy (non-hydrogen) atoms. The second-order valence-electron chi connectivity index (χ2n) is 8.32. The third-order valence-electron chi connectivity index (χ3n) is 5.82. The van der Waals surface area contributed by atoms with Crippen LogP contribution in [-0.2, 0) is 38.5 Å². The van der Waals surface area contributed by atoms with Gasteiger partial charge in [0.05, 0.1) is 0 Å². The van der Waals surface area contributed by atoms with Crippen LogP contribution in [-0.4, -0.2) is 0 Å². The van der Waals surface area contributed by atoms with Crippen LogP contribution in [0.5, 0.6) is 0 Å². The smallest absolute Gasteiger partial charge is 0.0281 e. The number of hydrogen-bond acceptors (Lipinski definition) is 0. The Balaban J connectivity index is 0.000000241. The maximum atomic E-state index is 2.26. The fourth-order valence-electron chi connectivity index (χ4n) is 3.71. The highest BCUT2D eigenvalue weighted by Crippen LogP contribution is 2.09. The van der Waals surface area contributed by atoms with Crippen molar-refractivity contribution in [3.8, 4) is 0 Å². The standard InChI is InChI=1S/C12H18.2C10H14/c1-3-5-11-7-9-12(6-4-2)10-8-11;1-3-9-5-7-10(4-2)8-6-9;1-3-9-7-5-6-8-10(9)4-2/h7-10H,3-6H2,1-2H3;2*5-8H,3-4H2,1-2H3. The van der Waals surface area contributed by atoms with Crippen molar-refractivity contribution in [1.29, 1.82) is 0 Å². The molecule has 0 bridgehead atoms. The van der Waals surface area contributed by atoms with E-state index in [-0.39, 0.29) is 0 Å². The van der Waals surface area contributed by atoms with Gasteiger partial charge in [-0.05, 0) is 71.9 Å². The zero-order chi connectivity index (χ0) is 23.6. The predicted octanol–water partition coefficient (Wildman–Crippen LogP) is 9.21. The maximum Gasteiger partial charge on any atom is -0.0281 e. The van der Waals surface area contributed by atoms with Crippen LogP contribution >= 0.6 is 0 Å². The van der Waals surface area contributed by atoms with E-state index >= 15 is 0 Å². The van der Waals surface area contributed by atoms with E-state index in [4.69, 9.17) is 0 Å². The molecule has 3 aromatic rings. The van der Waals surface area contributed by atoms with Gasteiger partial charge in [0.15, 0.2) is 0 Å². The summed E-state index contributed by atoms with van der Waals surface area (Å²) in [5, 5.41) is 0. The van der Waals surface area contributed by atoms with Crippen molar-refractivity contribution >= 4 is 0 Å². The van der Waals surface area contributed by atoms with Gasteiger partial charge in [0.1, 0.15) is 0 Å². The van der Waals surface area contributed by atoms with Crippen molar-refractivity contribution in [2.45, 2.75) is 92.9 Å². The molecule has 0 fully saturated rings. The zero-order valence-corrected chi connectivity index (χ0v) is 21.6. The second-order valence-corrected chi connectivity index (χ2v) is 8.32. The van der Waals surface area contributed by atoms with Gasteiger partial charge in [0, 0.05) is 0 Å². The Bertz CT molecular complexity index is 754. The molecule has 0 saturated heterocycles. The van der Waals surface area contributed by atoms with Gasteiger partial charge in [-0.25, -0.2) is 0 Å². The summed E-state index contributed by atoms with van der Waals surface area (Å²) in [7, 11) is 0. The summed E-state index contributed by atoms with van der Waals surface area (Å²) in [5.74, 6) is 0. The molecule has 0 atom stereocenters. The first-order valence-corrected chi connectivity index (χ1v) is 12.8. The lowest BCUT2D eigenvalue weighted by atomic mass is 10.0. The Labute approximate surface area is 199 Å². The van der Waals surface area contributed by atoms with E-state index in [1.54, 1.807) is 0 Å². The summed E-state index contributed by atoms with van der Waals surface area (Å²) in [5.41, 5.74) is 8.78. The minimum absolute atomic E-state index is 1.14. The number of aryl methyl sites for hydroxylation is 6. The summed E-state index contributed by atoms with van der Waals surface area (Å²) in [6.45, 7) is 13.2. The Morgan fingerprint density at radius 3 is 0.938 bits per heavy atom. The molecule has 0 aliphatic carbocycles. The van der Waals surface area contributed by atoms with E-state index in [2.05, 4.69) is 114 Å². The molecular weight excluding hydrogens is 384 g/mol. The van der Waals surface area contributed by atoms with Gasteiger partial charge in [0.25, 0.3) is 0 Å². The molecule has 0 amide bonds. The number of hydrogen-bond donors (Lipinski definition) is 0. The van der Waals surface area contributed by atoms with Gasteiger partial charge in [-0.1, -0.05) is 127 Å². The second kappa shape index (κ2) is 17.2. The molecule has 0 unspecified atom stereocenters. The van der Waals surface area contributed by atoms with Crippen LogP contribution in [0.4, 0.5) is 0 Å². The maximum absolute atomic E-state index is 2.26. The van der Waals surface area contributed by atoms with Crippen LogP contribution in [0.25, 0.3) is 0 Å². The molecule has 3 aromatic carbocycles. The fourth-order valence-corrected chi connectivity index (χ4v) is 3.71. The molecule has 0 radical (unpaired) electrons. The van der Waals surface area contributed by atoms with E-state index in [0.717, 1.165) is 25.7 Å². The quantitative estimate of drug-likeness (QED) is 0.334. The van der Waals surface area contributed by atoms with E-state index < -0.39 is 0 Å². The van der Waals surface area contributed by atoms with Crippen LogP contribution in [0, 0.1) is 0 Å². The zero-order valence-electron chi connectivity index (χ0n) is 21.6. The van der Waals surface area contributed by atoms with Crippen LogP contribution in [0.15, 0.2) is 72.8 Å². The van der Waals surface area contributed by atoms with E-state index in [1.807, 2.05) is 0 Å². The number of rotatable bonds is 8. The molecule has 0 aliphatic heterocycles. The molecule has 0 nitrogen and oxygen atoms in total.